The number of aromatic nitrogens is 2. The average Bonchev–Trinajstić information content (AvgIpc) is 2.80. The number of anilines is 1. The monoisotopic (exact) mass is 301 g/mol. The molecule has 1 aromatic heterocycles. The number of halogens is 2. The number of hydrogen-bond donors (Lipinski definition) is 2. The molecule has 3 rings (SSSR count). The first kappa shape index (κ1) is 13.6. The maximum atomic E-state index is 14.1. The number of aromatic amines is 1. The van der Waals surface area contributed by atoms with Crippen LogP contribution in [0.1, 0.15) is 5.56 Å². The van der Waals surface area contributed by atoms with Crippen molar-refractivity contribution in [1.29, 1.82) is 0 Å². The first-order valence-electron chi connectivity index (χ1n) is 6.42. The van der Waals surface area contributed by atoms with Gasteiger partial charge in [0.2, 0.25) is 0 Å². The molecule has 21 heavy (non-hydrogen) atoms. The van der Waals surface area contributed by atoms with Crippen LogP contribution < -0.4 is 5.73 Å². The minimum Gasteiger partial charge on any atom is -0.382 e. The zero-order chi connectivity index (χ0) is 15.0. The molecule has 0 saturated heterocycles. The highest BCUT2D eigenvalue weighted by Gasteiger charge is 2.17. The van der Waals surface area contributed by atoms with Crippen molar-refractivity contribution in [1.82, 2.24) is 10.2 Å². The van der Waals surface area contributed by atoms with Crippen LogP contribution in [-0.4, -0.2) is 10.2 Å². The van der Waals surface area contributed by atoms with Gasteiger partial charge in [0.15, 0.2) is 5.82 Å². The Balaban J connectivity index is 2.22. The highest BCUT2D eigenvalue weighted by atomic mass is 35.5. The van der Waals surface area contributed by atoms with Crippen LogP contribution in [-0.2, 0) is 0 Å². The first-order chi connectivity index (χ1) is 10.1. The molecule has 106 valence electrons. The third-order valence-corrected chi connectivity index (χ3v) is 3.54. The van der Waals surface area contributed by atoms with E-state index in [4.69, 9.17) is 17.3 Å². The highest BCUT2D eigenvalue weighted by molar-refractivity contribution is 6.30. The summed E-state index contributed by atoms with van der Waals surface area (Å²) in [6.07, 6.45) is 0. The number of nitrogens with two attached hydrogens (primary N) is 1. The van der Waals surface area contributed by atoms with Gasteiger partial charge in [0.05, 0.1) is 11.3 Å². The van der Waals surface area contributed by atoms with Crippen LogP contribution in [0.5, 0.6) is 0 Å². The standard InChI is InChI=1S/C16H13ClFN3/c1-9-3-2-4-10(7-9)14-15(20-21-16(14)19)12-6-5-11(17)8-13(12)18/h2-8H,1H3,(H3,19,20,21). The van der Waals surface area contributed by atoms with Crippen molar-refractivity contribution >= 4 is 17.4 Å². The minimum atomic E-state index is -0.417. The lowest BCUT2D eigenvalue weighted by molar-refractivity contribution is 0.631. The zero-order valence-corrected chi connectivity index (χ0v) is 12.1. The molecule has 0 fully saturated rings. The molecule has 0 unspecified atom stereocenters. The quantitative estimate of drug-likeness (QED) is 0.736. The van der Waals surface area contributed by atoms with E-state index in [1.54, 1.807) is 12.1 Å². The molecule has 0 atom stereocenters. The predicted molar refractivity (Wildman–Crippen MR) is 83.6 cm³/mol. The number of benzene rings is 2. The average molecular weight is 302 g/mol. The van der Waals surface area contributed by atoms with Crippen molar-refractivity contribution in [3.8, 4) is 22.4 Å². The Bertz CT molecular complexity index is 811. The van der Waals surface area contributed by atoms with E-state index in [9.17, 15) is 4.39 Å². The molecular weight excluding hydrogens is 289 g/mol. The summed E-state index contributed by atoms with van der Waals surface area (Å²) < 4.78 is 14.1. The Kier molecular flexibility index (Phi) is 3.39. The molecule has 3 N–H and O–H groups in total. The van der Waals surface area contributed by atoms with Gasteiger partial charge in [-0.15, -0.1) is 0 Å². The van der Waals surface area contributed by atoms with Gasteiger partial charge >= 0.3 is 0 Å². The van der Waals surface area contributed by atoms with Crippen LogP contribution in [0, 0.1) is 12.7 Å². The number of rotatable bonds is 2. The maximum absolute atomic E-state index is 14.1. The number of nitrogens with zero attached hydrogens (tertiary/aromatic N) is 1. The van der Waals surface area contributed by atoms with Crippen molar-refractivity contribution in [3.63, 3.8) is 0 Å². The fourth-order valence-corrected chi connectivity index (χ4v) is 2.49. The molecule has 0 saturated carbocycles. The lowest BCUT2D eigenvalue weighted by atomic mass is 9.99. The van der Waals surface area contributed by atoms with Crippen LogP contribution in [0.2, 0.25) is 5.02 Å². The van der Waals surface area contributed by atoms with E-state index in [-0.39, 0.29) is 0 Å². The van der Waals surface area contributed by atoms with Crippen molar-refractivity contribution in [2.75, 3.05) is 5.73 Å². The van der Waals surface area contributed by atoms with E-state index in [0.717, 1.165) is 11.1 Å². The molecule has 2 aromatic carbocycles. The maximum Gasteiger partial charge on any atom is 0.153 e. The largest absolute Gasteiger partial charge is 0.382 e. The van der Waals surface area contributed by atoms with Crippen molar-refractivity contribution in [3.05, 3.63) is 58.9 Å². The highest BCUT2D eigenvalue weighted by Crippen LogP contribution is 2.36. The molecular formula is C16H13ClFN3. The molecule has 5 heteroatoms. The van der Waals surface area contributed by atoms with Crippen molar-refractivity contribution in [2.24, 2.45) is 0 Å². The molecule has 3 nitrogen and oxygen atoms in total. The molecule has 3 aromatic rings. The normalized spacial score (nSPS) is 10.8. The number of aryl methyl sites for hydroxylation is 1. The second-order valence-electron chi connectivity index (χ2n) is 4.85. The molecule has 0 bridgehead atoms. The summed E-state index contributed by atoms with van der Waals surface area (Å²) in [7, 11) is 0. The Morgan fingerprint density at radius 3 is 2.71 bits per heavy atom. The summed E-state index contributed by atoms with van der Waals surface area (Å²) in [5, 5.41) is 7.17. The molecule has 0 aliphatic rings. The SMILES string of the molecule is Cc1cccc(-c2c(N)n[nH]c2-c2ccc(Cl)cc2F)c1. The molecule has 1 heterocycles. The lowest BCUT2D eigenvalue weighted by Gasteiger charge is -2.07. The third kappa shape index (κ3) is 2.50. The van der Waals surface area contributed by atoms with E-state index < -0.39 is 5.82 Å². The second-order valence-corrected chi connectivity index (χ2v) is 5.29. The van der Waals surface area contributed by atoms with E-state index in [0.29, 0.717) is 27.7 Å². The topological polar surface area (TPSA) is 54.7 Å². The summed E-state index contributed by atoms with van der Waals surface area (Å²) in [6.45, 7) is 1.99. The Hall–Kier alpha value is -2.33. The second kappa shape index (κ2) is 5.22. The van der Waals surface area contributed by atoms with Crippen LogP contribution in [0.3, 0.4) is 0 Å². The van der Waals surface area contributed by atoms with E-state index in [1.807, 2.05) is 31.2 Å². The molecule has 0 amide bonds. The minimum absolute atomic E-state index is 0.338. The Morgan fingerprint density at radius 1 is 1.19 bits per heavy atom. The van der Waals surface area contributed by atoms with Crippen molar-refractivity contribution < 1.29 is 4.39 Å². The number of nitrogens with one attached hydrogen (secondary N) is 1. The Morgan fingerprint density at radius 2 is 2.00 bits per heavy atom. The number of H-pyrrole nitrogens is 1. The summed E-state index contributed by atoms with van der Waals surface area (Å²) in [6, 6.07) is 12.3. The summed E-state index contributed by atoms with van der Waals surface area (Å²) in [5.41, 5.74) is 9.57. The van der Waals surface area contributed by atoms with Gasteiger partial charge in [-0.25, -0.2) is 4.39 Å². The molecule has 0 aliphatic heterocycles. The number of nitrogen functional groups attached to an aromatic ring is 1. The predicted octanol–water partition coefficient (Wildman–Crippen LogP) is 4.43. The molecule has 0 aliphatic carbocycles. The summed E-state index contributed by atoms with van der Waals surface area (Å²) >= 11 is 5.80. The van der Waals surface area contributed by atoms with Gasteiger partial charge < -0.3 is 5.73 Å². The van der Waals surface area contributed by atoms with E-state index >= 15 is 0 Å². The van der Waals surface area contributed by atoms with Crippen LogP contribution in [0.4, 0.5) is 10.2 Å². The van der Waals surface area contributed by atoms with E-state index in [2.05, 4.69) is 10.2 Å². The van der Waals surface area contributed by atoms with Gasteiger partial charge in [-0.3, -0.25) is 5.10 Å². The number of hydrogen-bond acceptors (Lipinski definition) is 2. The zero-order valence-electron chi connectivity index (χ0n) is 11.3. The van der Waals surface area contributed by atoms with E-state index in [1.165, 1.54) is 6.07 Å². The third-order valence-electron chi connectivity index (χ3n) is 3.30. The van der Waals surface area contributed by atoms with Crippen molar-refractivity contribution in [2.45, 2.75) is 6.92 Å². The van der Waals surface area contributed by atoms with Gasteiger partial charge in [-0.2, -0.15) is 5.10 Å². The summed E-state index contributed by atoms with van der Waals surface area (Å²) in [5.74, 6) is -0.0787. The molecule has 0 spiro atoms. The fourth-order valence-electron chi connectivity index (χ4n) is 2.34. The van der Waals surface area contributed by atoms with Crippen LogP contribution in [0.25, 0.3) is 22.4 Å². The van der Waals surface area contributed by atoms with Gasteiger partial charge in [-0.05, 0) is 30.7 Å². The smallest absolute Gasteiger partial charge is 0.153 e. The molecule has 0 radical (unpaired) electrons. The first-order valence-corrected chi connectivity index (χ1v) is 6.80. The van der Waals surface area contributed by atoms with Gasteiger partial charge in [0.1, 0.15) is 5.82 Å². The van der Waals surface area contributed by atoms with Gasteiger partial charge in [0.25, 0.3) is 0 Å². The Labute approximate surface area is 126 Å². The van der Waals surface area contributed by atoms with Gasteiger partial charge in [-0.1, -0.05) is 41.4 Å². The van der Waals surface area contributed by atoms with Gasteiger partial charge in [0, 0.05) is 10.6 Å². The van der Waals surface area contributed by atoms with Crippen LogP contribution >= 0.6 is 11.6 Å². The summed E-state index contributed by atoms with van der Waals surface area (Å²) in [4.78, 5) is 0. The lowest BCUT2D eigenvalue weighted by Crippen LogP contribution is -1.91. The van der Waals surface area contributed by atoms with Crippen LogP contribution in [0.15, 0.2) is 42.5 Å². The fraction of sp³-hybridized carbons (Fsp3) is 0.0625.